The number of nitrogens with zero attached hydrogens (tertiary/aromatic N) is 1. The number of aromatic nitrogens is 1. The number of rotatable bonds is 5. The van der Waals surface area contributed by atoms with Gasteiger partial charge in [-0.15, -0.1) is 22.7 Å². The first-order chi connectivity index (χ1) is 12.1. The predicted octanol–water partition coefficient (Wildman–Crippen LogP) is 4.61. The number of aryl methyl sites for hydroxylation is 1. The van der Waals surface area contributed by atoms with Gasteiger partial charge >= 0.3 is 5.97 Å². The molecule has 0 unspecified atom stereocenters. The van der Waals surface area contributed by atoms with Crippen molar-refractivity contribution >= 4 is 40.2 Å². The van der Waals surface area contributed by atoms with Crippen LogP contribution in [0.15, 0.2) is 41.8 Å². The van der Waals surface area contributed by atoms with Gasteiger partial charge in [-0.2, -0.15) is 0 Å². The normalized spacial score (nSPS) is 10.5. The summed E-state index contributed by atoms with van der Waals surface area (Å²) in [6.07, 6.45) is 0. The lowest BCUT2D eigenvalue weighted by molar-refractivity contribution is 0.0526. The standard InChI is InChI=1S/C18H16N2O3S2/c1-3-23-18(22)12-6-8-13(9-7-12)20-16(21)15-11(2)19-17(25-15)14-5-4-10-24-14/h4-10H,3H2,1-2H3,(H,20,21). The van der Waals surface area contributed by atoms with E-state index in [-0.39, 0.29) is 11.9 Å². The third-order valence-corrected chi connectivity index (χ3v) is 5.58. The van der Waals surface area contributed by atoms with E-state index in [0.29, 0.717) is 28.4 Å². The fraction of sp³-hybridized carbons (Fsp3) is 0.167. The molecule has 0 aliphatic carbocycles. The number of carbonyl (C=O) groups is 2. The van der Waals surface area contributed by atoms with Crippen molar-refractivity contribution in [2.45, 2.75) is 13.8 Å². The van der Waals surface area contributed by atoms with Gasteiger partial charge in [0.25, 0.3) is 5.91 Å². The first-order valence-corrected chi connectivity index (χ1v) is 9.38. The molecule has 0 atom stereocenters. The fourth-order valence-corrected chi connectivity index (χ4v) is 3.96. The van der Waals surface area contributed by atoms with Crippen molar-refractivity contribution in [3.8, 4) is 9.88 Å². The minimum Gasteiger partial charge on any atom is -0.462 e. The maximum Gasteiger partial charge on any atom is 0.338 e. The maximum atomic E-state index is 12.5. The van der Waals surface area contributed by atoms with Crippen molar-refractivity contribution in [2.75, 3.05) is 11.9 Å². The average Bonchev–Trinajstić information content (AvgIpc) is 3.25. The minimum atomic E-state index is -0.376. The number of carbonyl (C=O) groups excluding carboxylic acids is 2. The second-order valence-electron chi connectivity index (χ2n) is 5.16. The molecule has 3 aromatic rings. The van der Waals surface area contributed by atoms with Crippen LogP contribution in [-0.2, 0) is 4.74 Å². The first kappa shape index (κ1) is 17.3. The molecule has 5 nitrogen and oxygen atoms in total. The summed E-state index contributed by atoms with van der Waals surface area (Å²) in [4.78, 5) is 30.3. The summed E-state index contributed by atoms with van der Waals surface area (Å²) in [5.74, 6) is -0.582. The van der Waals surface area contributed by atoms with Crippen LogP contribution in [0.5, 0.6) is 0 Å². The van der Waals surface area contributed by atoms with Crippen molar-refractivity contribution in [1.82, 2.24) is 4.98 Å². The molecule has 2 heterocycles. The van der Waals surface area contributed by atoms with E-state index in [4.69, 9.17) is 4.74 Å². The molecule has 1 amide bonds. The highest BCUT2D eigenvalue weighted by Crippen LogP contribution is 2.31. The van der Waals surface area contributed by atoms with Crippen LogP contribution in [0.2, 0.25) is 0 Å². The van der Waals surface area contributed by atoms with Crippen LogP contribution >= 0.6 is 22.7 Å². The Morgan fingerprint density at radius 2 is 1.96 bits per heavy atom. The summed E-state index contributed by atoms with van der Waals surface area (Å²) in [6, 6.07) is 10.6. The molecule has 0 bridgehead atoms. The second-order valence-corrected chi connectivity index (χ2v) is 7.11. The molecule has 2 aromatic heterocycles. The Bertz CT molecular complexity index is 884. The van der Waals surface area contributed by atoms with Crippen LogP contribution in [0.1, 0.15) is 32.6 Å². The molecule has 0 aliphatic heterocycles. The van der Waals surface area contributed by atoms with E-state index in [9.17, 15) is 9.59 Å². The highest BCUT2D eigenvalue weighted by molar-refractivity contribution is 7.22. The van der Waals surface area contributed by atoms with Gasteiger partial charge in [-0.3, -0.25) is 4.79 Å². The molecule has 3 rings (SSSR count). The number of thiophene rings is 1. The van der Waals surface area contributed by atoms with Crippen LogP contribution in [-0.4, -0.2) is 23.5 Å². The molecule has 0 aliphatic rings. The smallest absolute Gasteiger partial charge is 0.338 e. The van der Waals surface area contributed by atoms with Gasteiger partial charge in [-0.1, -0.05) is 6.07 Å². The Balaban J connectivity index is 1.73. The largest absolute Gasteiger partial charge is 0.462 e. The van der Waals surface area contributed by atoms with E-state index >= 15 is 0 Å². The third kappa shape index (κ3) is 3.94. The molecule has 1 aromatic carbocycles. The van der Waals surface area contributed by atoms with Crippen molar-refractivity contribution < 1.29 is 14.3 Å². The average molecular weight is 372 g/mol. The van der Waals surface area contributed by atoms with Gasteiger partial charge in [0, 0.05) is 5.69 Å². The van der Waals surface area contributed by atoms with Crippen molar-refractivity contribution in [2.24, 2.45) is 0 Å². The number of ether oxygens (including phenoxy) is 1. The highest BCUT2D eigenvalue weighted by Gasteiger charge is 2.17. The van der Waals surface area contributed by atoms with Gasteiger partial charge in [0.2, 0.25) is 0 Å². The Hall–Kier alpha value is -2.51. The molecular formula is C18H16N2O3S2. The van der Waals surface area contributed by atoms with Crippen molar-refractivity contribution in [3.05, 3.63) is 57.9 Å². The van der Waals surface area contributed by atoms with E-state index in [1.54, 1.807) is 42.5 Å². The van der Waals surface area contributed by atoms with Crippen LogP contribution in [0, 0.1) is 6.92 Å². The van der Waals surface area contributed by atoms with Crippen LogP contribution in [0.25, 0.3) is 9.88 Å². The number of thiazole rings is 1. The van der Waals surface area contributed by atoms with E-state index in [1.807, 2.05) is 24.4 Å². The zero-order valence-corrected chi connectivity index (χ0v) is 15.4. The zero-order chi connectivity index (χ0) is 17.8. The predicted molar refractivity (Wildman–Crippen MR) is 101 cm³/mol. The van der Waals surface area contributed by atoms with Crippen LogP contribution in [0.4, 0.5) is 5.69 Å². The van der Waals surface area contributed by atoms with E-state index in [1.165, 1.54) is 11.3 Å². The minimum absolute atomic E-state index is 0.207. The first-order valence-electron chi connectivity index (χ1n) is 7.68. The number of benzene rings is 1. The second kappa shape index (κ2) is 7.58. The van der Waals surface area contributed by atoms with Gasteiger partial charge in [-0.25, -0.2) is 9.78 Å². The summed E-state index contributed by atoms with van der Waals surface area (Å²) in [7, 11) is 0. The molecule has 25 heavy (non-hydrogen) atoms. The molecule has 0 saturated carbocycles. The molecule has 1 N–H and O–H groups in total. The maximum absolute atomic E-state index is 12.5. The Morgan fingerprint density at radius 3 is 2.60 bits per heavy atom. The fourth-order valence-electron chi connectivity index (χ4n) is 2.20. The van der Waals surface area contributed by atoms with Crippen molar-refractivity contribution in [3.63, 3.8) is 0 Å². The Labute approximate surface area is 153 Å². The van der Waals surface area contributed by atoms with Gasteiger partial charge in [0.05, 0.1) is 22.7 Å². The summed E-state index contributed by atoms with van der Waals surface area (Å²) >= 11 is 2.97. The highest BCUT2D eigenvalue weighted by atomic mass is 32.1. The van der Waals surface area contributed by atoms with Gasteiger partial charge in [0.15, 0.2) is 0 Å². The molecule has 0 radical (unpaired) electrons. The number of esters is 1. The summed E-state index contributed by atoms with van der Waals surface area (Å²) in [6.45, 7) is 3.91. The van der Waals surface area contributed by atoms with Gasteiger partial charge in [-0.05, 0) is 49.6 Å². The molecule has 128 valence electrons. The number of hydrogen-bond acceptors (Lipinski definition) is 6. The summed E-state index contributed by atoms with van der Waals surface area (Å²) < 4.78 is 4.94. The van der Waals surface area contributed by atoms with Gasteiger partial charge < -0.3 is 10.1 Å². The molecule has 0 saturated heterocycles. The third-order valence-electron chi connectivity index (χ3n) is 3.39. The Kier molecular flexibility index (Phi) is 5.25. The zero-order valence-electron chi connectivity index (χ0n) is 13.7. The topological polar surface area (TPSA) is 68.3 Å². The number of amides is 1. The molecule has 7 heteroatoms. The lowest BCUT2D eigenvalue weighted by Gasteiger charge is -2.05. The molecular weight excluding hydrogens is 356 g/mol. The van der Waals surface area contributed by atoms with Crippen LogP contribution < -0.4 is 5.32 Å². The summed E-state index contributed by atoms with van der Waals surface area (Å²) in [5.41, 5.74) is 1.77. The SMILES string of the molecule is CCOC(=O)c1ccc(NC(=O)c2sc(-c3cccs3)nc2C)cc1. The van der Waals surface area contributed by atoms with E-state index in [0.717, 1.165) is 9.88 Å². The van der Waals surface area contributed by atoms with E-state index in [2.05, 4.69) is 10.3 Å². The monoisotopic (exact) mass is 372 g/mol. The number of nitrogens with one attached hydrogen (secondary N) is 1. The van der Waals surface area contributed by atoms with E-state index < -0.39 is 0 Å². The lowest BCUT2D eigenvalue weighted by atomic mass is 10.2. The summed E-state index contributed by atoms with van der Waals surface area (Å²) in [5, 5.41) is 5.66. The van der Waals surface area contributed by atoms with Gasteiger partial charge in [0.1, 0.15) is 9.88 Å². The quantitative estimate of drug-likeness (QED) is 0.664. The molecule has 0 spiro atoms. The number of hydrogen-bond donors (Lipinski definition) is 1. The van der Waals surface area contributed by atoms with Crippen molar-refractivity contribution in [1.29, 1.82) is 0 Å². The lowest BCUT2D eigenvalue weighted by Crippen LogP contribution is -2.12. The Morgan fingerprint density at radius 1 is 1.20 bits per heavy atom. The number of anilines is 1. The molecule has 0 fully saturated rings. The van der Waals surface area contributed by atoms with Crippen LogP contribution in [0.3, 0.4) is 0 Å².